The van der Waals surface area contributed by atoms with Crippen molar-refractivity contribution in [3.05, 3.63) is 65.6 Å². The van der Waals surface area contributed by atoms with E-state index in [9.17, 15) is 0 Å². The molecular weight excluding hydrogens is 420 g/mol. The number of likely N-dealkylation sites (tertiary alicyclic amines) is 1. The van der Waals surface area contributed by atoms with Gasteiger partial charge in [0, 0.05) is 56.9 Å². The molecule has 3 aliphatic heterocycles. The van der Waals surface area contributed by atoms with E-state index in [4.69, 9.17) is 4.74 Å². The normalized spacial score (nSPS) is 20.1. The summed E-state index contributed by atoms with van der Waals surface area (Å²) in [5.41, 5.74) is 5.15. The molecule has 182 valence electrons. The van der Waals surface area contributed by atoms with Gasteiger partial charge in [-0.2, -0.15) is 0 Å². The van der Waals surface area contributed by atoms with E-state index >= 15 is 0 Å². The minimum absolute atomic E-state index is 0.334. The Labute approximate surface area is 205 Å². The molecule has 1 aromatic carbocycles. The number of unbranched alkanes of at least 4 members (excludes halogenated alkanes) is 1. The highest BCUT2D eigenvalue weighted by Gasteiger charge is 2.24. The second-order valence-corrected chi connectivity index (χ2v) is 10.2. The fourth-order valence-electron chi connectivity index (χ4n) is 5.61. The molecule has 4 heterocycles. The van der Waals surface area contributed by atoms with Crippen molar-refractivity contribution in [3.63, 3.8) is 0 Å². The van der Waals surface area contributed by atoms with E-state index in [0.717, 1.165) is 50.7 Å². The molecule has 2 aromatic rings. The maximum absolute atomic E-state index is 6.40. The lowest BCUT2D eigenvalue weighted by molar-refractivity contribution is 0.0873. The summed E-state index contributed by atoms with van der Waals surface area (Å²) in [4.78, 5) is 9.47. The van der Waals surface area contributed by atoms with Crippen LogP contribution < -0.4 is 10.1 Å². The Morgan fingerprint density at radius 1 is 1.03 bits per heavy atom. The maximum atomic E-state index is 6.40. The Hall–Kier alpha value is -2.37. The Bertz CT molecular complexity index is 943. The number of ether oxygens (including phenoxy) is 1. The molecule has 2 fully saturated rings. The third-order valence-corrected chi connectivity index (χ3v) is 7.66. The van der Waals surface area contributed by atoms with Gasteiger partial charge in [0.15, 0.2) is 0 Å². The van der Waals surface area contributed by atoms with Gasteiger partial charge in [0.2, 0.25) is 0 Å². The fraction of sp³-hybridized carbons (Fsp3) is 0.552. The first-order chi connectivity index (χ1) is 16.8. The number of hydrogen-bond donors (Lipinski definition) is 1. The smallest absolute Gasteiger partial charge is 0.119 e. The average molecular weight is 461 g/mol. The fourth-order valence-corrected chi connectivity index (χ4v) is 5.61. The molecule has 3 aliphatic rings. The monoisotopic (exact) mass is 460 g/mol. The van der Waals surface area contributed by atoms with Gasteiger partial charge >= 0.3 is 0 Å². The van der Waals surface area contributed by atoms with E-state index in [-0.39, 0.29) is 0 Å². The summed E-state index contributed by atoms with van der Waals surface area (Å²) in [5, 5.41) is 3.48. The van der Waals surface area contributed by atoms with Crippen LogP contribution >= 0.6 is 0 Å². The topological polar surface area (TPSA) is 40.6 Å². The predicted molar refractivity (Wildman–Crippen MR) is 139 cm³/mol. The zero-order valence-corrected chi connectivity index (χ0v) is 20.7. The Balaban J connectivity index is 1.19. The first-order valence-corrected chi connectivity index (χ1v) is 13.4. The number of piperidine rings is 2. The van der Waals surface area contributed by atoms with E-state index in [1.54, 1.807) is 0 Å². The lowest BCUT2D eigenvalue weighted by Crippen LogP contribution is -2.42. The number of rotatable bonds is 8. The molecule has 0 saturated carbocycles. The minimum Gasteiger partial charge on any atom is -0.490 e. The zero-order valence-electron chi connectivity index (χ0n) is 20.7. The number of nitrogens with one attached hydrogen (secondary N) is 1. The summed E-state index contributed by atoms with van der Waals surface area (Å²) in [6, 6.07) is 10.9. The van der Waals surface area contributed by atoms with E-state index in [1.165, 1.54) is 67.6 Å². The second kappa shape index (κ2) is 11.4. The quantitative estimate of drug-likeness (QED) is 0.605. The Morgan fingerprint density at radius 3 is 2.59 bits per heavy atom. The number of hydrogen-bond acceptors (Lipinski definition) is 5. The molecule has 1 aromatic heterocycles. The zero-order chi connectivity index (χ0) is 23.2. The van der Waals surface area contributed by atoms with E-state index in [1.807, 2.05) is 12.4 Å². The van der Waals surface area contributed by atoms with Crippen LogP contribution in [0.4, 0.5) is 0 Å². The van der Waals surface area contributed by atoms with Gasteiger partial charge < -0.3 is 19.9 Å². The molecule has 5 rings (SSSR count). The highest BCUT2D eigenvalue weighted by atomic mass is 16.5. The molecule has 0 atom stereocenters. The van der Waals surface area contributed by atoms with Crippen LogP contribution in [0.2, 0.25) is 0 Å². The predicted octanol–water partition coefficient (Wildman–Crippen LogP) is 4.93. The van der Waals surface area contributed by atoms with Gasteiger partial charge in [-0.3, -0.25) is 4.98 Å². The van der Waals surface area contributed by atoms with Crippen molar-refractivity contribution in [2.75, 3.05) is 39.3 Å². The molecule has 5 heteroatoms. The van der Waals surface area contributed by atoms with Crippen molar-refractivity contribution in [3.8, 4) is 5.75 Å². The van der Waals surface area contributed by atoms with Crippen molar-refractivity contribution in [1.29, 1.82) is 0 Å². The van der Waals surface area contributed by atoms with Crippen LogP contribution in [-0.2, 0) is 6.54 Å². The van der Waals surface area contributed by atoms with Crippen molar-refractivity contribution in [2.24, 2.45) is 5.92 Å². The second-order valence-electron chi connectivity index (χ2n) is 10.2. The molecule has 1 N–H and O–H groups in total. The van der Waals surface area contributed by atoms with Gasteiger partial charge in [-0.15, -0.1) is 0 Å². The third-order valence-electron chi connectivity index (χ3n) is 7.66. The average Bonchev–Trinajstić information content (AvgIpc) is 2.89. The molecule has 34 heavy (non-hydrogen) atoms. The molecule has 5 nitrogen and oxygen atoms in total. The molecular formula is C29H40N4O. The van der Waals surface area contributed by atoms with Gasteiger partial charge in [-0.05, 0) is 86.0 Å². The molecule has 0 bridgehead atoms. The number of pyridine rings is 1. The first-order valence-electron chi connectivity index (χ1n) is 13.4. The molecule has 0 amide bonds. The lowest BCUT2D eigenvalue weighted by Gasteiger charge is -2.35. The number of nitrogens with zero attached hydrogens (tertiary/aromatic N) is 3. The van der Waals surface area contributed by atoms with Crippen molar-refractivity contribution in [1.82, 2.24) is 20.1 Å². The standard InChI is InChI=1S/C29H40N4O/c1-2-3-16-33-21-25-19-31-15-10-28(25)29(22-33)24-4-6-26(7-5-24)34-27-11-17-32(18-12-27)20-23-8-13-30-14-9-23/h4-7,10,15,19,22-23,27,30H,2-3,8-9,11-14,16-18,20-21H2,1H3. The van der Waals surface area contributed by atoms with E-state index < -0.39 is 0 Å². The van der Waals surface area contributed by atoms with Gasteiger partial charge in [-0.25, -0.2) is 0 Å². The molecule has 0 radical (unpaired) electrons. The van der Waals surface area contributed by atoms with Gasteiger partial charge in [0.25, 0.3) is 0 Å². The number of fused-ring (bicyclic) bond motifs is 1. The van der Waals surface area contributed by atoms with Gasteiger partial charge in [0.05, 0.1) is 0 Å². The van der Waals surface area contributed by atoms with Crippen molar-refractivity contribution >= 4 is 5.57 Å². The van der Waals surface area contributed by atoms with Crippen molar-refractivity contribution in [2.45, 2.75) is 58.1 Å². The highest BCUT2D eigenvalue weighted by molar-refractivity contribution is 5.82. The van der Waals surface area contributed by atoms with Crippen LogP contribution in [-0.4, -0.2) is 60.2 Å². The molecule has 0 aliphatic carbocycles. The highest BCUT2D eigenvalue weighted by Crippen LogP contribution is 2.32. The Morgan fingerprint density at radius 2 is 1.82 bits per heavy atom. The lowest BCUT2D eigenvalue weighted by atomic mass is 9.93. The third kappa shape index (κ3) is 5.81. The van der Waals surface area contributed by atoms with Crippen LogP contribution in [0, 0.1) is 5.92 Å². The number of aromatic nitrogens is 1. The van der Waals surface area contributed by atoms with Crippen LogP contribution in [0.1, 0.15) is 62.1 Å². The molecule has 0 unspecified atom stereocenters. The largest absolute Gasteiger partial charge is 0.490 e. The van der Waals surface area contributed by atoms with E-state index in [0.29, 0.717) is 6.10 Å². The summed E-state index contributed by atoms with van der Waals surface area (Å²) < 4.78 is 6.40. The summed E-state index contributed by atoms with van der Waals surface area (Å²) >= 11 is 0. The van der Waals surface area contributed by atoms with Gasteiger partial charge in [-0.1, -0.05) is 25.5 Å². The molecule has 0 spiro atoms. The van der Waals surface area contributed by atoms with Crippen LogP contribution in [0.15, 0.2) is 48.9 Å². The summed E-state index contributed by atoms with van der Waals surface area (Å²) in [7, 11) is 0. The summed E-state index contributed by atoms with van der Waals surface area (Å²) in [6.07, 6.45) is 13.9. The van der Waals surface area contributed by atoms with Gasteiger partial charge in [0.1, 0.15) is 11.9 Å². The SMILES string of the molecule is CCCCN1C=C(c2ccc(OC3CCN(CC4CCNCC4)CC3)cc2)c2ccncc2C1. The van der Waals surface area contributed by atoms with E-state index in [2.05, 4.69) is 63.6 Å². The van der Waals surface area contributed by atoms with Crippen molar-refractivity contribution < 1.29 is 4.74 Å². The Kier molecular flexibility index (Phi) is 7.82. The number of benzene rings is 1. The van der Waals surface area contributed by atoms with Crippen LogP contribution in [0.25, 0.3) is 5.57 Å². The minimum atomic E-state index is 0.334. The van der Waals surface area contributed by atoms with Crippen LogP contribution in [0.5, 0.6) is 5.75 Å². The summed E-state index contributed by atoms with van der Waals surface area (Å²) in [5.74, 6) is 1.87. The maximum Gasteiger partial charge on any atom is 0.119 e. The molecule has 2 saturated heterocycles. The summed E-state index contributed by atoms with van der Waals surface area (Å²) in [6.45, 7) is 10.3. The van der Waals surface area contributed by atoms with Crippen LogP contribution in [0.3, 0.4) is 0 Å². The first kappa shape index (κ1) is 23.4.